The molecule has 3 rings (SSSR count). The maximum atomic E-state index is 12.3. The molecule has 1 aliphatic heterocycles. The zero-order chi connectivity index (χ0) is 17.6. The second-order valence-corrected chi connectivity index (χ2v) is 5.89. The Hall–Kier alpha value is -2.85. The summed E-state index contributed by atoms with van der Waals surface area (Å²) in [6.07, 6.45) is 3.06. The van der Waals surface area contributed by atoms with Crippen LogP contribution in [0.25, 0.3) is 0 Å². The molecule has 2 aromatic rings. The van der Waals surface area contributed by atoms with Crippen LogP contribution in [0.5, 0.6) is 5.75 Å². The monoisotopic (exact) mass is 357 g/mol. The van der Waals surface area contributed by atoms with Crippen LogP contribution >= 0.6 is 11.6 Å². The molecule has 0 spiro atoms. The third kappa shape index (κ3) is 4.17. The van der Waals surface area contributed by atoms with Gasteiger partial charge in [0.25, 0.3) is 5.91 Å². The lowest BCUT2D eigenvalue weighted by Gasteiger charge is -2.35. The van der Waals surface area contributed by atoms with E-state index >= 15 is 0 Å². The minimum Gasteiger partial charge on any atom is -0.484 e. The fourth-order valence-corrected chi connectivity index (χ4v) is 2.70. The van der Waals surface area contributed by atoms with Gasteiger partial charge in [-0.1, -0.05) is 11.6 Å². The van der Waals surface area contributed by atoms with E-state index in [2.05, 4.69) is 9.97 Å². The van der Waals surface area contributed by atoms with Crippen LogP contribution in [0, 0.1) is 11.3 Å². The molecule has 1 fully saturated rings. The number of carbonyl (C=O) groups is 1. The van der Waals surface area contributed by atoms with Gasteiger partial charge in [0.2, 0.25) is 0 Å². The normalized spacial score (nSPS) is 14.1. The first-order chi connectivity index (χ1) is 12.2. The fourth-order valence-electron chi connectivity index (χ4n) is 2.58. The number of anilines is 1. The third-order valence-electron chi connectivity index (χ3n) is 3.89. The first-order valence-corrected chi connectivity index (χ1v) is 8.17. The summed E-state index contributed by atoms with van der Waals surface area (Å²) in [4.78, 5) is 24.2. The maximum absolute atomic E-state index is 12.3. The van der Waals surface area contributed by atoms with Gasteiger partial charge in [-0.3, -0.25) is 4.79 Å². The predicted molar refractivity (Wildman–Crippen MR) is 92.5 cm³/mol. The lowest BCUT2D eigenvalue weighted by atomic mass is 10.3. The van der Waals surface area contributed by atoms with Crippen molar-refractivity contribution in [1.29, 1.82) is 5.26 Å². The molecule has 8 heteroatoms. The molecule has 1 aliphatic rings. The number of piperazine rings is 1. The topological polar surface area (TPSA) is 82.4 Å². The molecule has 128 valence electrons. The quantitative estimate of drug-likeness (QED) is 0.828. The van der Waals surface area contributed by atoms with E-state index < -0.39 is 0 Å². The van der Waals surface area contributed by atoms with Gasteiger partial charge < -0.3 is 14.5 Å². The number of carbonyl (C=O) groups excluding carboxylic acids is 1. The summed E-state index contributed by atoms with van der Waals surface area (Å²) in [6, 6.07) is 8.93. The van der Waals surface area contributed by atoms with Gasteiger partial charge in [0.05, 0.1) is 0 Å². The van der Waals surface area contributed by atoms with Crippen LogP contribution < -0.4 is 9.64 Å². The Morgan fingerprint density at radius 3 is 2.52 bits per heavy atom. The predicted octanol–water partition coefficient (Wildman–Crippen LogP) is 1.73. The molecule has 0 saturated carbocycles. The van der Waals surface area contributed by atoms with E-state index in [1.165, 1.54) is 6.20 Å². The van der Waals surface area contributed by atoms with Gasteiger partial charge in [-0.2, -0.15) is 5.26 Å². The summed E-state index contributed by atoms with van der Waals surface area (Å²) in [5.41, 5.74) is 0.299. The van der Waals surface area contributed by atoms with Crippen molar-refractivity contribution in [3.05, 3.63) is 47.4 Å². The lowest BCUT2D eigenvalue weighted by molar-refractivity contribution is -0.133. The summed E-state index contributed by atoms with van der Waals surface area (Å²) in [5.74, 6) is 1.10. The highest BCUT2D eigenvalue weighted by atomic mass is 35.5. The minimum atomic E-state index is -0.0748. The molecule has 0 atom stereocenters. The van der Waals surface area contributed by atoms with E-state index in [-0.39, 0.29) is 12.5 Å². The zero-order valence-corrected chi connectivity index (χ0v) is 14.2. The molecule has 1 amide bonds. The molecule has 25 heavy (non-hydrogen) atoms. The number of hydrogen-bond acceptors (Lipinski definition) is 6. The number of halogens is 1. The van der Waals surface area contributed by atoms with E-state index in [1.54, 1.807) is 35.4 Å². The highest BCUT2D eigenvalue weighted by molar-refractivity contribution is 6.30. The Morgan fingerprint density at radius 2 is 1.84 bits per heavy atom. The number of amides is 1. The Bertz CT molecular complexity index is 782. The molecule has 0 N–H and O–H groups in total. The Kier molecular flexibility index (Phi) is 5.31. The number of nitrogens with zero attached hydrogens (tertiary/aromatic N) is 5. The molecule has 7 nitrogen and oxygen atoms in total. The molecule has 0 aliphatic carbocycles. The van der Waals surface area contributed by atoms with Crippen LogP contribution in [0.2, 0.25) is 5.02 Å². The smallest absolute Gasteiger partial charge is 0.260 e. The van der Waals surface area contributed by atoms with Gasteiger partial charge in [0.15, 0.2) is 18.1 Å². The van der Waals surface area contributed by atoms with Crippen LogP contribution in [-0.4, -0.2) is 53.6 Å². The second kappa shape index (κ2) is 7.81. The lowest BCUT2D eigenvalue weighted by Crippen LogP contribution is -2.50. The Labute approximate surface area is 150 Å². The Morgan fingerprint density at radius 1 is 1.16 bits per heavy atom. The van der Waals surface area contributed by atoms with Gasteiger partial charge >= 0.3 is 0 Å². The van der Waals surface area contributed by atoms with Gasteiger partial charge in [-0.15, -0.1) is 0 Å². The van der Waals surface area contributed by atoms with E-state index in [0.29, 0.717) is 48.5 Å². The summed E-state index contributed by atoms with van der Waals surface area (Å²) in [5, 5.41) is 9.74. The SMILES string of the molecule is N#Cc1nccnc1N1CCN(C(=O)COc2ccc(Cl)cc2)CC1. The number of nitriles is 1. The van der Waals surface area contributed by atoms with Gasteiger partial charge in [-0.05, 0) is 24.3 Å². The molecule has 1 aromatic heterocycles. The maximum Gasteiger partial charge on any atom is 0.260 e. The fraction of sp³-hybridized carbons (Fsp3) is 0.294. The van der Waals surface area contributed by atoms with E-state index in [1.807, 2.05) is 11.0 Å². The first-order valence-electron chi connectivity index (χ1n) is 7.79. The number of benzene rings is 1. The van der Waals surface area contributed by atoms with Gasteiger partial charge in [-0.25, -0.2) is 9.97 Å². The van der Waals surface area contributed by atoms with Gasteiger partial charge in [0.1, 0.15) is 11.8 Å². The summed E-state index contributed by atoms with van der Waals surface area (Å²) < 4.78 is 5.50. The highest BCUT2D eigenvalue weighted by Gasteiger charge is 2.24. The first kappa shape index (κ1) is 17.0. The zero-order valence-electron chi connectivity index (χ0n) is 13.4. The van der Waals surface area contributed by atoms with Crippen LogP contribution in [0.1, 0.15) is 5.69 Å². The summed E-state index contributed by atoms with van der Waals surface area (Å²) >= 11 is 5.82. The van der Waals surface area contributed by atoms with Crippen molar-refractivity contribution in [1.82, 2.24) is 14.9 Å². The third-order valence-corrected chi connectivity index (χ3v) is 4.14. The van der Waals surface area contributed by atoms with Crippen LogP contribution in [0.4, 0.5) is 5.82 Å². The van der Waals surface area contributed by atoms with E-state index in [9.17, 15) is 4.79 Å². The van der Waals surface area contributed by atoms with Gasteiger partial charge in [0, 0.05) is 43.6 Å². The van der Waals surface area contributed by atoms with Crippen molar-refractivity contribution >= 4 is 23.3 Å². The average Bonchev–Trinajstić information content (AvgIpc) is 2.67. The van der Waals surface area contributed by atoms with Crippen molar-refractivity contribution in [3.8, 4) is 11.8 Å². The average molecular weight is 358 g/mol. The highest BCUT2D eigenvalue weighted by Crippen LogP contribution is 2.17. The Balaban J connectivity index is 1.52. The number of ether oxygens (including phenoxy) is 1. The molecule has 2 heterocycles. The van der Waals surface area contributed by atoms with Crippen molar-refractivity contribution in [3.63, 3.8) is 0 Å². The molecule has 1 saturated heterocycles. The van der Waals surface area contributed by atoms with Crippen LogP contribution in [0.3, 0.4) is 0 Å². The molecule has 0 radical (unpaired) electrons. The molecule has 1 aromatic carbocycles. The van der Waals surface area contributed by atoms with E-state index in [4.69, 9.17) is 21.6 Å². The number of aromatic nitrogens is 2. The van der Waals surface area contributed by atoms with Crippen LogP contribution in [0.15, 0.2) is 36.7 Å². The summed E-state index contributed by atoms with van der Waals surface area (Å²) in [6.45, 7) is 2.27. The molecular formula is C17H16ClN5O2. The minimum absolute atomic E-state index is 0.0176. The van der Waals surface area contributed by atoms with Crippen molar-refractivity contribution < 1.29 is 9.53 Å². The van der Waals surface area contributed by atoms with E-state index in [0.717, 1.165) is 0 Å². The number of rotatable bonds is 4. The number of hydrogen-bond donors (Lipinski definition) is 0. The second-order valence-electron chi connectivity index (χ2n) is 5.45. The van der Waals surface area contributed by atoms with Crippen molar-refractivity contribution in [2.75, 3.05) is 37.7 Å². The van der Waals surface area contributed by atoms with Crippen molar-refractivity contribution in [2.24, 2.45) is 0 Å². The van der Waals surface area contributed by atoms with Crippen molar-refractivity contribution in [2.45, 2.75) is 0 Å². The molecular weight excluding hydrogens is 342 g/mol. The largest absolute Gasteiger partial charge is 0.484 e. The standard InChI is InChI=1S/C17H16ClN5O2/c18-13-1-3-14(4-2-13)25-12-16(24)22-7-9-23(10-8-22)17-15(11-19)20-5-6-21-17/h1-6H,7-10,12H2. The molecule has 0 bridgehead atoms. The van der Waals surface area contributed by atoms with Crippen LogP contribution in [-0.2, 0) is 4.79 Å². The molecule has 0 unspecified atom stereocenters. The summed E-state index contributed by atoms with van der Waals surface area (Å²) in [7, 11) is 0.